The van der Waals surface area contributed by atoms with Crippen molar-refractivity contribution in [2.24, 2.45) is 0 Å². The molecule has 1 amide bonds. The third-order valence-corrected chi connectivity index (χ3v) is 6.96. The summed E-state index contributed by atoms with van der Waals surface area (Å²) in [5.41, 5.74) is 3.81. The Labute approximate surface area is 186 Å². The van der Waals surface area contributed by atoms with E-state index in [2.05, 4.69) is 16.3 Å². The summed E-state index contributed by atoms with van der Waals surface area (Å²) in [6.45, 7) is 7.25. The highest BCUT2D eigenvalue weighted by atomic mass is 32.2. The first-order valence-corrected chi connectivity index (χ1v) is 12.8. The molecule has 1 saturated heterocycles. The van der Waals surface area contributed by atoms with E-state index in [4.69, 9.17) is 0 Å². The lowest BCUT2D eigenvalue weighted by Crippen LogP contribution is -2.49. The summed E-state index contributed by atoms with van der Waals surface area (Å²) in [6, 6.07) is 14.5. The smallest absolute Gasteiger partial charge is 0.244 e. The number of aryl methyl sites for hydroxylation is 1. The molecule has 1 atom stereocenters. The van der Waals surface area contributed by atoms with Crippen molar-refractivity contribution in [3.8, 4) is 0 Å². The van der Waals surface area contributed by atoms with Gasteiger partial charge in [0, 0.05) is 13.1 Å². The van der Waals surface area contributed by atoms with Gasteiger partial charge in [-0.05, 0) is 62.5 Å². The number of benzene rings is 2. The summed E-state index contributed by atoms with van der Waals surface area (Å²) >= 11 is 0. The predicted molar refractivity (Wildman–Crippen MR) is 125 cm³/mol. The van der Waals surface area contributed by atoms with Crippen LogP contribution in [0.3, 0.4) is 0 Å². The number of carbonyl (C=O) groups excluding carboxylic acids is 1. The molecule has 2 aromatic rings. The minimum absolute atomic E-state index is 0.288. The Morgan fingerprint density at radius 1 is 1.06 bits per heavy atom. The lowest BCUT2D eigenvalue weighted by atomic mass is 10.1. The molecule has 0 saturated carbocycles. The van der Waals surface area contributed by atoms with E-state index >= 15 is 0 Å². The summed E-state index contributed by atoms with van der Waals surface area (Å²) in [5, 5.41) is 2.99. The van der Waals surface area contributed by atoms with Crippen LogP contribution in [0.15, 0.2) is 48.5 Å². The fraction of sp³-hybridized carbons (Fsp3) is 0.458. The quantitative estimate of drug-likeness (QED) is 0.644. The van der Waals surface area contributed by atoms with Gasteiger partial charge in [-0.15, -0.1) is 0 Å². The highest BCUT2D eigenvalue weighted by molar-refractivity contribution is 7.92. The van der Waals surface area contributed by atoms with E-state index in [1.165, 1.54) is 22.7 Å². The maximum Gasteiger partial charge on any atom is 0.244 e. The molecule has 0 aliphatic carbocycles. The number of likely N-dealkylation sites (tertiary alicyclic amines) is 1. The number of carbonyl (C=O) groups is 1. The molecule has 1 aliphatic heterocycles. The average molecular weight is 444 g/mol. The molecular formula is C24H33N3O3S. The molecule has 31 heavy (non-hydrogen) atoms. The number of nitrogens with one attached hydrogen (secondary N) is 1. The third kappa shape index (κ3) is 6.08. The summed E-state index contributed by atoms with van der Waals surface area (Å²) < 4.78 is 26.4. The number of hydrogen-bond acceptors (Lipinski definition) is 4. The summed E-state index contributed by atoms with van der Waals surface area (Å²) in [7, 11) is -3.63. The minimum atomic E-state index is -3.63. The van der Waals surface area contributed by atoms with E-state index in [0.717, 1.165) is 37.0 Å². The maximum absolute atomic E-state index is 13.1. The molecule has 1 unspecified atom stereocenters. The van der Waals surface area contributed by atoms with Gasteiger partial charge in [0.1, 0.15) is 6.04 Å². The topological polar surface area (TPSA) is 69.7 Å². The van der Waals surface area contributed by atoms with E-state index in [1.807, 2.05) is 44.2 Å². The van der Waals surface area contributed by atoms with E-state index in [-0.39, 0.29) is 5.91 Å². The molecule has 1 fully saturated rings. The standard InChI is InChI=1S/C24H33N3O3S/c1-4-23(27(31(3,29)30)22-13-11-19(2)12-14-22)24(28)25-17-20-9-5-6-10-21(20)18-26-15-7-8-16-26/h5-6,9-14,23H,4,7-8,15-18H2,1-3H3,(H,25,28). The predicted octanol–water partition coefficient (Wildman–Crippen LogP) is 3.45. The first kappa shape index (κ1) is 23.3. The van der Waals surface area contributed by atoms with Gasteiger partial charge in [-0.3, -0.25) is 14.0 Å². The summed E-state index contributed by atoms with van der Waals surface area (Å²) in [4.78, 5) is 15.5. The Morgan fingerprint density at radius 3 is 2.26 bits per heavy atom. The van der Waals surface area contributed by atoms with E-state index in [0.29, 0.717) is 18.7 Å². The summed E-state index contributed by atoms with van der Waals surface area (Å²) in [5.74, 6) is -0.288. The molecular weight excluding hydrogens is 410 g/mol. The SMILES string of the molecule is CCC(C(=O)NCc1ccccc1CN1CCCC1)N(c1ccc(C)cc1)S(C)(=O)=O. The van der Waals surface area contributed by atoms with Crippen molar-refractivity contribution in [1.29, 1.82) is 0 Å². The van der Waals surface area contributed by atoms with Gasteiger partial charge in [0.25, 0.3) is 0 Å². The number of hydrogen-bond donors (Lipinski definition) is 1. The van der Waals surface area contributed by atoms with E-state index in [9.17, 15) is 13.2 Å². The Morgan fingerprint density at radius 2 is 1.68 bits per heavy atom. The van der Waals surface area contributed by atoms with Gasteiger partial charge in [-0.25, -0.2) is 8.42 Å². The van der Waals surface area contributed by atoms with Crippen LogP contribution in [-0.4, -0.2) is 44.6 Å². The van der Waals surface area contributed by atoms with Crippen molar-refractivity contribution in [2.45, 2.75) is 52.2 Å². The first-order valence-electron chi connectivity index (χ1n) is 10.9. The largest absolute Gasteiger partial charge is 0.350 e. The van der Waals surface area contributed by atoms with Crippen molar-refractivity contribution >= 4 is 21.6 Å². The molecule has 0 bridgehead atoms. The molecule has 0 radical (unpaired) electrons. The molecule has 0 aromatic heterocycles. The van der Waals surface area contributed by atoms with Crippen molar-refractivity contribution < 1.29 is 13.2 Å². The van der Waals surface area contributed by atoms with Crippen LogP contribution in [0.4, 0.5) is 5.69 Å². The molecule has 1 heterocycles. The maximum atomic E-state index is 13.1. The number of anilines is 1. The zero-order chi connectivity index (χ0) is 22.4. The number of rotatable bonds is 9. The fourth-order valence-corrected chi connectivity index (χ4v) is 5.33. The van der Waals surface area contributed by atoms with Gasteiger partial charge in [0.05, 0.1) is 11.9 Å². The second-order valence-electron chi connectivity index (χ2n) is 8.29. The lowest BCUT2D eigenvalue weighted by molar-refractivity contribution is -0.122. The van der Waals surface area contributed by atoms with Crippen LogP contribution in [0.2, 0.25) is 0 Å². The van der Waals surface area contributed by atoms with Crippen molar-refractivity contribution in [1.82, 2.24) is 10.2 Å². The van der Waals surface area contributed by atoms with E-state index < -0.39 is 16.1 Å². The third-order valence-electron chi connectivity index (χ3n) is 5.78. The van der Waals surface area contributed by atoms with Crippen LogP contribution in [0.5, 0.6) is 0 Å². The minimum Gasteiger partial charge on any atom is -0.350 e. The van der Waals surface area contributed by atoms with Gasteiger partial charge >= 0.3 is 0 Å². The zero-order valence-corrected chi connectivity index (χ0v) is 19.5. The molecule has 1 N–H and O–H groups in total. The van der Waals surface area contributed by atoms with Gasteiger partial charge < -0.3 is 5.32 Å². The zero-order valence-electron chi connectivity index (χ0n) is 18.7. The van der Waals surface area contributed by atoms with E-state index in [1.54, 1.807) is 12.1 Å². The van der Waals surface area contributed by atoms with Crippen LogP contribution in [0, 0.1) is 6.92 Å². The van der Waals surface area contributed by atoms with Crippen LogP contribution < -0.4 is 9.62 Å². The second kappa shape index (κ2) is 10.3. The van der Waals surface area contributed by atoms with Crippen LogP contribution in [0.25, 0.3) is 0 Å². The molecule has 7 heteroatoms. The van der Waals surface area contributed by atoms with Crippen molar-refractivity contribution in [3.05, 3.63) is 65.2 Å². The first-order chi connectivity index (χ1) is 14.8. The van der Waals surface area contributed by atoms with Gasteiger partial charge in [0.15, 0.2) is 0 Å². The average Bonchev–Trinajstić information content (AvgIpc) is 3.24. The molecule has 0 spiro atoms. The van der Waals surface area contributed by atoms with Crippen molar-refractivity contribution in [2.75, 3.05) is 23.7 Å². The second-order valence-corrected chi connectivity index (χ2v) is 10.1. The normalized spacial score (nSPS) is 15.6. The molecule has 6 nitrogen and oxygen atoms in total. The van der Waals surface area contributed by atoms with Crippen LogP contribution in [0.1, 0.15) is 42.9 Å². The Hall–Kier alpha value is -2.38. The number of sulfonamides is 1. The highest BCUT2D eigenvalue weighted by Gasteiger charge is 2.31. The monoisotopic (exact) mass is 443 g/mol. The van der Waals surface area contributed by atoms with Crippen molar-refractivity contribution in [3.63, 3.8) is 0 Å². The number of amides is 1. The molecule has 2 aromatic carbocycles. The van der Waals surface area contributed by atoms with Gasteiger partial charge in [-0.1, -0.05) is 48.9 Å². The molecule has 168 valence electrons. The summed E-state index contributed by atoms with van der Waals surface area (Å²) in [6.07, 6.45) is 3.99. The number of nitrogens with zero attached hydrogens (tertiary/aromatic N) is 2. The highest BCUT2D eigenvalue weighted by Crippen LogP contribution is 2.23. The molecule has 1 aliphatic rings. The Bertz CT molecular complexity index is 983. The molecule has 3 rings (SSSR count). The van der Waals surface area contributed by atoms with Crippen LogP contribution in [-0.2, 0) is 27.9 Å². The Balaban J connectivity index is 1.75. The van der Waals surface area contributed by atoms with Gasteiger partial charge in [0.2, 0.25) is 15.9 Å². The Kier molecular flexibility index (Phi) is 7.73. The van der Waals surface area contributed by atoms with Gasteiger partial charge in [-0.2, -0.15) is 0 Å². The van der Waals surface area contributed by atoms with Crippen LogP contribution >= 0.6 is 0 Å². The lowest BCUT2D eigenvalue weighted by Gasteiger charge is -2.30. The fourth-order valence-electron chi connectivity index (χ4n) is 4.12.